The molecule has 0 bridgehead atoms. The third-order valence-corrected chi connectivity index (χ3v) is 4.35. The number of benzene rings is 2. The van der Waals surface area contributed by atoms with Gasteiger partial charge < -0.3 is 5.32 Å². The summed E-state index contributed by atoms with van der Waals surface area (Å²) in [5.74, 6) is 0. The maximum Gasteiger partial charge on any atom is 0.0595 e. The fourth-order valence-corrected chi connectivity index (χ4v) is 2.84. The van der Waals surface area contributed by atoms with E-state index in [1.165, 1.54) is 16.7 Å². The highest BCUT2D eigenvalue weighted by molar-refractivity contribution is 6.42. The van der Waals surface area contributed by atoms with Crippen molar-refractivity contribution in [3.63, 3.8) is 0 Å². The van der Waals surface area contributed by atoms with Gasteiger partial charge >= 0.3 is 0 Å². The average molecular weight is 322 g/mol. The van der Waals surface area contributed by atoms with Crippen LogP contribution in [0.25, 0.3) is 0 Å². The first-order valence-corrected chi connectivity index (χ1v) is 8.04. The zero-order chi connectivity index (χ0) is 15.4. The summed E-state index contributed by atoms with van der Waals surface area (Å²) in [6.45, 7) is 7.39. The molecule has 0 amide bonds. The molecule has 2 rings (SSSR count). The average Bonchev–Trinajstić information content (AvgIpc) is 2.44. The molecule has 2 aromatic rings. The van der Waals surface area contributed by atoms with Crippen LogP contribution >= 0.6 is 23.2 Å². The lowest BCUT2D eigenvalue weighted by atomic mass is 9.93. The van der Waals surface area contributed by atoms with Crippen molar-refractivity contribution in [2.45, 2.75) is 33.2 Å². The van der Waals surface area contributed by atoms with Crippen LogP contribution in [0.3, 0.4) is 0 Å². The largest absolute Gasteiger partial charge is 0.306 e. The van der Waals surface area contributed by atoms with Crippen LogP contribution in [-0.4, -0.2) is 6.54 Å². The Morgan fingerprint density at radius 3 is 2.38 bits per heavy atom. The van der Waals surface area contributed by atoms with Crippen molar-refractivity contribution in [3.8, 4) is 0 Å². The molecule has 1 N–H and O–H groups in total. The molecule has 1 nitrogen and oxygen atoms in total. The maximum atomic E-state index is 6.18. The number of hydrogen-bond donors (Lipinski definition) is 1. The minimum Gasteiger partial charge on any atom is -0.306 e. The Balaban J connectivity index is 2.44. The van der Waals surface area contributed by atoms with Crippen LogP contribution in [0, 0.1) is 13.8 Å². The van der Waals surface area contributed by atoms with Gasteiger partial charge in [-0.15, -0.1) is 0 Å². The fourth-order valence-electron chi connectivity index (χ4n) is 2.54. The van der Waals surface area contributed by atoms with E-state index in [1.807, 2.05) is 18.2 Å². The molecule has 0 saturated carbocycles. The summed E-state index contributed by atoms with van der Waals surface area (Å²) in [7, 11) is 0. The van der Waals surface area contributed by atoms with Crippen molar-refractivity contribution < 1.29 is 0 Å². The van der Waals surface area contributed by atoms with Gasteiger partial charge in [0, 0.05) is 0 Å². The van der Waals surface area contributed by atoms with E-state index in [-0.39, 0.29) is 6.04 Å². The maximum absolute atomic E-state index is 6.18. The third kappa shape index (κ3) is 4.00. The van der Waals surface area contributed by atoms with Gasteiger partial charge in [0.2, 0.25) is 0 Å². The van der Waals surface area contributed by atoms with E-state index >= 15 is 0 Å². The highest BCUT2D eigenvalue weighted by atomic mass is 35.5. The fraction of sp³-hybridized carbons (Fsp3) is 0.333. The number of aryl methyl sites for hydroxylation is 2. The summed E-state index contributed by atoms with van der Waals surface area (Å²) in [5.41, 5.74) is 4.99. The first-order valence-electron chi connectivity index (χ1n) is 7.28. The molecular weight excluding hydrogens is 301 g/mol. The van der Waals surface area contributed by atoms with Crippen LogP contribution in [0.15, 0.2) is 36.4 Å². The monoisotopic (exact) mass is 321 g/mol. The van der Waals surface area contributed by atoms with Crippen molar-refractivity contribution in [1.82, 2.24) is 5.32 Å². The molecule has 0 spiro atoms. The molecular formula is C18H21Cl2N. The molecule has 112 valence electrons. The van der Waals surface area contributed by atoms with Crippen LogP contribution in [-0.2, 0) is 0 Å². The number of halogens is 2. The topological polar surface area (TPSA) is 12.0 Å². The highest BCUT2D eigenvalue weighted by Crippen LogP contribution is 2.30. The molecule has 0 fully saturated rings. The van der Waals surface area contributed by atoms with E-state index in [1.54, 1.807) is 0 Å². The van der Waals surface area contributed by atoms with Gasteiger partial charge in [0.1, 0.15) is 0 Å². The molecule has 0 aliphatic carbocycles. The predicted octanol–water partition coefficient (Wildman–Crippen LogP) is 5.70. The molecule has 2 aromatic carbocycles. The number of rotatable bonds is 5. The number of nitrogens with one attached hydrogen (secondary N) is 1. The lowest BCUT2D eigenvalue weighted by Gasteiger charge is -2.22. The normalized spacial score (nSPS) is 12.4. The molecule has 0 aliphatic heterocycles. The van der Waals surface area contributed by atoms with E-state index in [4.69, 9.17) is 23.2 Å². The van der Waals surface area contributed by atoms with E-state index in [9.17, 15) is 0 Å². The Morgan fingerprint density at radius 1 is 1.00 bits per heavy atom. The molecule has 1 unspecified atom stereocenters. The molecule has 0 aromatic heterocycles. The van der Waals surface area contributed by atoms with Crippen molar-refractivity contribution in [3.05, 3.63) is 68.7 Å². The predicted molar refractivity (Wildman–Crippen MR) is 92.5 cm³/mol. The van der Waals surface area contributed by atoms with Crippen LogP contribution in [0.2, 0.25) is 10.0 Å². The first kappa shape index (κ1) is 16.4. The minimum atomic E-state index is 0.139. The Labute approximate surface area is 137 Å². The van der Waals surface area contributed by atoms with Gasteiger partial charge in [0.15, 0.2) is 0 Å². The summed E-state index contributed by atoms with van der Waals surface area (Å²) in [5, 5.41) is 4.80. The molecule has 0 saturated heterocycles. The zero-order valence-corrected chi connectivity index (χ0v) is 14.2. The van der Waals surface area contributed by atoms with Crippen LogP contribution in [0.4, 0.5) is 0 Å². The molecule has 1 atom stereocenters. The lowest BCUT2D eigenvalue weighted by Crippen LogP contribution is -2.24. The van der Waals surface area contributed by atoms with Gasteiger partial charge in [-0.25, -0.2) is 0 Å². The van der Waals surface area contributed by atoms with Gasteiger partial charge in [-0.1, -0.05) is 60.0 Å². The Morgan fingerprint density at radius 2 is 1.76 bits per heavy atom. The van der Waals surface area contributed by atoms with E-state index in [0.29, 0.717) is 10.0 Å². The van der Waals surface area contributed by atoms with E-state index in [0.717, 1.165) is 18.5 Å². The van der Waals surface area contributed by atoms with Gasteiger partial charge in [-0.3, -0.25) is 0 Å². The van der Waals surface area contributed by atoms with Gasteiger partial charge in [0.25, 0.3) is 0 Å². The first-order chi connectivity index (χ1) is 10.0. The summed E-state index contributed by atoms with van der Waals surface area (Å²) in [4.78, 5) is 0. The standard InChI is InChI=1S/C18H21Cl2N/c1-4-9-21-18(14-6-8-16(19)17(20)11-14)15-7-5-12(2)10-13(15)3/h5-8,10-11,18,21H,4,9H2,1-3H3. The molecule has 0 heterocycles. The molecule has 3 heteroatoms. The summed E-state index contributed by atoms with van der Waals surface area (Å²) in [6, 6.07) is 12.6. The minimum absolute atomic E-state index is 0.139. The van der Waals surface area contributed by atoms with Gasteiger partial charge in [0.05, 0.1) is 16.1 Å². The van der Waals surface area contributed by atoms with Crippen molar-refractivity contribution >= 4 is 23.2 Å². The second-order valence-corrected chi connectivity index (χ2v) is 6.24. The van der Waals surface area contributed by atoms with Gasteiger partial charge in [-0.05, 0) is 55.6 Å². The zero-order valence-electron chi connectivity index (χ0n) is 12.7. The molecule has 0 radical (unpaired) electrons. The van der Waals surface area contributed by atoms with Crippen molar-refractivity contribution in [2.75, 3.05) is 6.54 Å². The highest BCUT2D eigenvalue weighted by Gasteiger charge is 2.16. The number of hydrogen-bond acceptors (Lipinski definition) is 1. The Bertz CT molecular complexity index is 623. The quantitative estimate of drug-likeness (QED) is 0.744. The van der Waals surface area contributed by atoms with Crippen LogP contribution in [0.5, 0.6) is 0 Å². The van der Waals surface area contributed by atoms with E-state index in [2.05, 4.69) is 44.3 Å². The Hall–Kier alpha value is -1.02. The van der Waals surface area contributed by atoms with Crippen molar-refractivity contribution in [1.29, 1.82) is 0 Å². The second-order valence-electron chi connectivity index (χ2n) is 5.42. The summed E-state index contributed by atoms with van der Waals surface area (Å²) < 4.78 is 0. The Kier molecular flexibility index (Phi) is 5.69. The van der Waals surface area contributed by atoms with Gasteiger partial charge in [-0.2, -0.15) is 0 Å². The third-order valence-electron chi connectivity index (χ3n) is 3.61. The lowest BCUT2D eigenvalue weighted by molar-refractivity contribution is 0.596. The molecule has 21 heavy (non-hydrogen) atoms. The van der Waals surface area contributed by atoms with Crippen LogP contribution < -0.4 is 5.32 Å². The van der Waals surface area contributed by atoms with E-state index < -0.39 is 0 Å². The summed E-state index contributed by atoms with van der Waals surface area (Å²) in [6.07, 6.45) is 1.09. The molecule has 0 aliphatic rings. The van der Waals surface area contributed by atoms with Crippen molar-refractivity contribution in [2.24, 2.45) is 0 Å². The SMILES string of the molecule is CCCNC(c1ccc(Cl)c(Cl)c1)c1ccc(C)cc1C. The second kappa shape index (κ2) is 7.31. The smallest absolute Gasteiger partial charge is 0.0595 e. The van der Waals surface area contributed by atoms with Crippen LogP contribution in [0.1, 0.15) is 41.6 Å². The summed E-state index contributed by atoms with van der Waals surface area (Å²) >= 11 is 12.2.